The lowest BCUT2D eigenvalue weighted by Crippen LogP contribution is -2.16. The topological polar surface area (TPSA) is 63.7 Å². The molecular formula is C16H21NO4S. The number of nitrogens with zero attached hydrogens (tertiary/aromatic N) is 1. The second kappa shape index (κ2) is 8.38. The molecule has 0 aliphatic heterocycles. The van der Waals surface area contributed by atoms with E-state index in [1.807, 2.05) is 18.7 Å². The van der Waals surface area contributed by atoms with Gasteiger partial charge in [0.15, 0.2) is 4.91 Å². The number of sulfone groups is 1. The normalized spacial score (nSPS) is 12.4. The van der Waals surface area contributed by atoms with Crippen molar-refractivity contribution >= 4 is 15.8 Å². The van der Waals surface area contributed by atoms with Crippen LogP contribution in [-0.4, -0.2) is 39.5 Å². The highest BCUT2D eigenvalue weighted by Gasteiger charge is 2.27. The van der Waals surface area contributed by atoms with E-state index in [2.05, 4.69) is 4.74 Å². The quantitative estimate of drug-likeness (QED) is 0.438. The molecule has 0 spiro atoms. The second-order valence-corrected chi connectivity index (χ2v) is 6.32. The molecule has 0 radical (unpaired) electrons. The molecule has 0 amide bonds. The van der Waals surface area contributed by atoms with Crippen LogP contribution in [0.25, 0.3) is 0 Å². The van der Waals surface area contributed by atoms with Gasteiger partial charge in [0, 0.05) is 13.1 Å². The minimum Gasteiger partial charge on any atom is -0.465 e. The Bertz CT molecular complexity index is 644. The minimum absolute atomic E-state index is 0.0582. The average molecular weight is 323 g/mol. The van der Waals surface area contributed by atoms with Crippen LogP contribution in [0, 0.1) is 0 Å². The van der Waals surface area contributed by atoms with E-state index in [0.29, 0.717) is 0 Å². The zero-order valence-electron chi connectivity index (χ0n) is 13.0. The van der Waals surface area contributed by atoms with Crippen molar-refractivity contribution in [2.45, 2.75) is 18.7 Å². The fourth-order valence-corrected chi connectivity index (χ4v) is 3.11. The Morgan fingerprint density at radius 1 is 1.18 bits per heavy atom. The summed E-state index contributed by atoms with van der Waals surface area (Å²) < 4.78 is 29.7. The van der Waals surface area contributed by atoms with Crippen molar-refractivity contribution in [1.29, 1.82) is 0 Å². The van der Waals surface area contributed by atoms with Crippen LogP contribution >= 0.6 is 0 Å². The Morgan fingerprint density at radius 3 is 2.27 bits per heavy atom. The summed E-state index contributed by atoms with van der Waals surface area (Å²) in [5, 5.41) is 0. The third kappa shape index (κ3) is 4.46. The molecule has 1 aromatic rings. The summed E-state index contributed by atoms with van der Waals surface area (Å²) in [4.78, 5) is 13.5. The Kier molecular flexibility index (Phi) is 6.85. The van der Waals surface area contributed by atoms with Crippen LogP contribution in [0.3, 0.4) is 0 Å². The molecule has 120 valence electrons. The van der Waals surface area contributed by atoms with E-state index in [0.717, 1.165) is 20.2 Å². The minimum atomic E-state index is -3.91. The van der Waals surface area contributed by atoms with Gasteiger partial charge in [0.1, 0.15) is 0 Å². The number of allylic oxidation sites excluding steroid dienone is 2. The van der Waals surface area contributed by atoms with Gasteiger partial charge in [0.25, 0.3) is 0 Å². The Balaban J connectivity index is 3.22. The smallest absolute Gasteiger partial charge is 0.349 e. The number of ether oxygens (including phenoxy) is 1. The number of carbonyl (C=O) groups excluding carboxylic acids is 1. The van der Waals surface area contributed by atoms with Crippen molar-refractivity contribution in [3.63, 3.8) is 0 Å². The van der Waals surface area contributed by atoms with Crippen LogP contribution in [0.2, 0.25) is 0 Å². The first-order valence-electron chi connectivity index (χ1n) is 6.98. The fraction of sp³-hybridized carbons (Fsp3) is 0.312. The second-order valence-electron chi connectivity index (χ2n) is 4.40. The summed E-state index contributed by atoms with van der Waals surface area (Å²) in [6, 6.07) is 7.81. The van der Waals surface area contributed by atoms with Gasteiger partial charge in [-0.3, -0.25) is 0 Å². The van der Waals surface area contributed by atoms with Crippen LogP contribution in [0.15, 0.2) is 58.5 Å². The van der Waals surface area contributed by atoms with E-state index < -0.39 is 15.8 Å². The fourth-order valence-electron chi connectivity index (χ4n) is 1.78. The molecule has 22 heavy (non-hydrogen) atoms. The highest BCUT2D eigenvalue weighted by molar-refractivity contribution is 7.96. The molecule has 0 aliphatic rings. The van der Waals surface area contributed by atoms with Crippen LogP contribution < -0.4 is 0 Å². The van der Waals surface area contributed by atoms with Gasteiger partial charge in [0.05, 0.1) is 12.0 Å². The molecule has 0 N–H and O–H groups in total. The number of methoxy groups -OCH3 is 1. The molecule has 0 atom stereocenters. The van der Waals surface area contributed by atoms with Crippen molar-refractivity contribution in [2.24, 2.45) is 0 Å². The Labute approximate surface area is 131 Å². The molecule has 5 nitrogen and oxygen atoms in total. The number of carbonyl (C=O) groups is 1. The highest BCUT2D eigenvalue weighted by atomic mass is 32.2. The molecule has 0 fully saturated rings. The Morgan fingerprint density at radius 2 is 1.77 bits per heavy atom. The van der Waals surface area contributed by atoms with E-state index in [4.69, 9.17) is 0 Å². The third-order valence-corrected chi connectivity index (χ3v) is 4.86. The van der Waals surface area contributed by atoms with E-state index in [1.165, 1.54) is 18.2 Å². The van der Waals surface area contributed by atoms with Gasteiger partial charge in [0.2, 0.25) is 9.84 Å². The lowest BCUT2D eigenvalue weighted by molar-refractivity contribution is -0.135. The zero-order valence-corrected chi connectivity index (χ0v) is 13.8. The van der Waals surface area contributed by atoms with Gasteiger partial charge in [-0.25, -0.2) is 13.2 Å². The molecule has 0 aliphatic carbocycles. The van der Waals surface area contributed by atoms with Crippen LogP contribution in [0.5, 0.6) is 0 Å². The third-order valence-electron chi connectivity index (χ3n) is 3.09. The van der Waals surface area contributed by atoms with Gasteiger partial charge >= 0.3 is 5.97 Å². The maximum absolute atomic E-state index is 12.5. The number of benzene rings is 1. The van der Waals surface area contributed by atoms with Crippen LogP contribution in [0.1, 0.15) is 13.8 Å². The highest BCUT2D eigenvalue weighted by Crippen LogP contribution is 2.20. The molecule has 0 bridgehead atoms. The molecule has 6 heteroatoms. The molecule has 1 rings (SSSR count). The number of hydrogen-bond acceptors (Lipinski definition) is 5. The summed E-state index contributed by atoms with van der Waals surface area (Å²) >= 11 is 0. The largest absolute Gasteiger partial charge is 0.465 e. The Hall–Kier alpha value is -2.08. The molecule has 1 aromatic carbocycles. The summed E-state index contributed by atoms with van der Waals surface area (Å²) in [5.41, 5.74) is 0. The first kappa shape index (κ1) is 18.0. The molecule has 0 saturated heterocycles. The van der Waals surface area contributed by atoms with Gasteiger partial charge in [-0.1, -0.05) is 18.2 Å². The monoisotopic (exact) mass is 323 g/mol. The van der Waals surface area contributed by atoms with E-state index in [9.17, 15) is 13.2 Å². The molecule has 0 heterocycles. The van der Waals surface area contributed by atoms with Gasteiger partial charge in [-0.05, 0) is 44.3 Å². The standard InChI is InChI=1S/C16H21NO4S/c1-4-17(5-2)13-9-12-15(16(18)21-3)22(19,20)14-10-7-6-8-11-14/h6-13H,4-5H2,1-3H3. The summed E-state index contributed by atoms with van der Waals surface area (Å²) in [6.07, 6.45) is 4.55. The SMILES string of the molecule is CCN(C=CC=C(C(=O)OC)S(=O)(=O)c1ccccc1)CC. The maximum atomic E-state index is 12.5. The van der Waals surface area contributed by atoms with Crippen molar-refractivity contribution in [1.82, 2.24) is 4.90 Å². The summed E-state index contributed by atoms with van der Waals surface area (Å²) in [5.74, 6) is -0.881. The average Bonchev–Trinajstić information content (AvgIpc) is 2.55. The first-order valence-corrected chi connectivity index (χ1v) is 8.46. The summed E-state index contributed by atoms with van der Waals surface area (Å²) in [7, 11) is -2.75. The lowest BCUT2D eigenvalue weighted by Gasteiger charge is -2.14. The predicted molar refractivity (Wildman–Crippen MR) is 85.8 cm³/mol. The van der Waals surface area contributed by atoms with Gasteiger partial charge in [-0.2, -0.15) is 0 Å². The number of rotatable bonds is 7. The van der Waals surface area contributed by atoms with Crippen molar-refractivity contribution in [3.05, 3.63) is 53.6 Å². The lowest BCUT2D eigenvalue weighted by atomic mass is 10.4. The van der Waals surface area contributed by atoms with Crippen LogP contribution in [0.4, 0.5) is 0 Å². The van der Waals surface area contributed by atoms with Gasteiger partial charge in [-0.15, -0.1) is 0 Å². The molecular weight excluding hydrogens is 302 g/mol. The van der Waals surface area contributed by atoms with Crippen molar-refractivity contribution < 1.29 is 17.9 Å². The van der Waals surface area contributed by atoms with E-state index >= 15 is 0 Å². The number of esters is 1. The molecule has 0 unspecified atom stereocenters. The van der Waals surface area contributed by atoms with Crippen molar-refractivity contribution in [3.8, 4) is 0 Å². The number of hydrogen-bond donors (Lipinski definition) is 0. The van der Waals surface area contributed by atoms with E-state index in [-0.39, 0.29) is 9.80 Å². The van der Waals surface area contributed by atoms with Crippen LogP contribution in [-0.2, 0) is 19.4 Å². The van der Waals surface area contributed by atoms with Gasteiger partial charge < -0.3 is 9.64 Å². The van der Waals surface area contributed by atoms with E-state index in [1.54, 1.807) is 30.5 Å². The molecule has 0 aromatic heterocycles. The zero-order chi connectivity index (χ0) is 16.6. The molecule has 0 saturated carbocycles. The first-order chi connectivity index (χ1) is 10.5. The maximum Gasteiger partial charge on any atom is 0.349 e. The predicted octanol–water partition coefficient (Wildman–Crippen LogP) is 2.37. The summed E-state index contributed by atoms with van der Waals surface area (Å²) in [6.45, 7) is 5.55. The van der Waals surface area contributed by atoms with Crippen molar-refractivity contribution in [2.75, 3.05) is 20.2 Å².